The number of carbonyl (C=O) groups excluding carboxylic acids is 2. The molecule has 1 N–H and O–H groups in total. The molecule has 0 aromatic heterocycles. The van der Waals surface area contributed by atoms with Crippen molar-refractivity contribution in [1.82, 2.24) is 5.32 Å². The molecule has 1 unspecified atom stereocenters. The van der Waals surface area contributed by atoms with Crippen molar-refractivity contribution >= 4 is 17.5 Å². The summed E-state index contributed by atoms with van der Waals surface area (Å²) in [6, 6.07) is 5.80. The standard InChI is InChI=1S/C16H22N2O3/c1-10(2)15(19)17-8-7-12-5-6-14-13(9-12)18(4)16(20)11(3)21-14/h5-6,9-11H,7-8H2,1-4H3,(H,17,19). The van der Waals surface area contributed by atoms with Crippen LogP contribution in [-0.4, -0.2) is 31.5 Å². The van der Waals surface area contributed by atoms with Crippen LogP contribution in [0.3, 0.4) is 0 Å². The Kier molecular flexibility index (Phi) is 4.50. The molecule has 114 valence electrons. The molecule has 0 saturated heterocycles. The molecule has 0 aliphatic carbocycles. The van der Waals surface area contributed by atoms with E-state index in [-0.39, 0.29) is 17.7 Å². The Morgan fingerprint density at radius 3 is 2.81 bits per heavy atom. The first-order valence-electron chi connectivity index (χ1n) is 7.25. The summed E-state index contributed by atoms with van der Waals surface area (Å²) < 4.78 is 5.58. The second kappa shape index (κ2) is 6.16. The Bertz CT molecular complexity index is 554. The molecule has 1 atom stereocenters. The highest BCUT2D eigenvalue weighted by Crippen LogP contribution is 2.33. The van der Waals surface area contributed by atoms with E-state index in [9.17, 15) is 9.59 Å². The van der Waals surface area contributed by atoms with E-state index in [0.29, 0.717) is 6.54 Å². The lowest BCUT2D eigenvalue weighted by molar-refractivity contribution is -0.125. The molecule has 5 nitrogen and oxygen atoms in total. The van der Waals surface area contributed by atoms with Crippen LogP contribution >= 0.6 is 0 Å². The highest BCUT2D eigenvalue weighted by Gasteiger charge is 2.28. The number of hydrogen-bond donors (Lipinski definition) is 1. The summed E-state index contributed by atoms with van der Waals surface area (Å²) >= 11 is 0. The van der Waals surface area contributed by atoms with Crippen molar-refractivity contribution in [3.05, 3.63) is 23.8 Å². The lowest BCUT2D eigenvalue weighted by Crippen LogP contribution is -2.42. The number of fused-ring (bicyclic) bond motifs is 1. The van der Waals surface area contributed by atoms with E-state index in [4.69, 9.17) is 4.74 Å². The number of nitrogens with zero attached hydrogens (tertiary/aromatic N) is 1. The van der Waals surface area contributed by atoms with Gasteiger partial charge in [0.25, 0.3) is 5.91 Å². The van der Waals surface area contributed by atoms with Crippen molar-refractivity contribution in [1.29, 1.82) is 0 Å². The first-order chi connectivity index (χ1) is 9.90. The van der Waals surface area contributed by atoms with Crippen LogP contribution in [0.1, 0.15) is 26.3 Å². The van der Waals surface area contributed by atoms with Gasteiger partial charge in [-0.25, -0.2) is 0 Å². The van der Waals surface area contributed by atoms with Gasteiger partial charge in [0.2, 0.25) is 5.91 Å². The van der Waals surface area contributed by atoms with E-state index in [2.05, 4.69) is 5.32 Å². The van der Waals surface area contributed by atoms with Crippen molar-refractivity contribution in [2.45, 2.75) is 33.3 Å². The van der Waals surface area contributed by atoms with Crippen molar-refractivity contribution in [3.8, 4) is 5.75 Å². The van der Waals surface area contributed by atoms with Crippen LogP contribution in [0.25, 0.3) is 0 Å². The summed E-state index contributed by atoms with van der Waals surface area (Å²) in [7, 11) is 1.75. The molecule has 1 aliphatic heterocycles. The molecular formula is C16H22N2O3. The second-order valence-corrected chi connectivity index (χ2v) is 5.66. The number of ether oxygens (including phenoxy) is 1. The number of rotatable bonds is 4. The summed E-state index contributed by atoms with van der Waals surface area (Å²) in [5.74, 6) is 0.719. The second-order valence-electron chi connectivity index (χ2n) is 5.66. The lowest BCUT2D eigenvalue weighted by atomic mass is 10.1. The SMILES string of the molecule is CC(C)C(=O)NCCc1ccc2c(c1)N(C)C(=O)C(C)O2. The lowest BCUT2D eigenvalue weighted by Gasteiger charge is -2.30. The van der Waals surface area contributed by atoms with Crippen LogP contribution in [0.4, 0.5) is 5.69 Å². The van der Waals surface area contributed by atoms with E-state index in [1.807, 2.05) is 32.0 Å². The highest BCUT2D eigenvalue weighted by atomic mass is 16.5. The topological polar surface area (TPSA) is 58.6 Å². The van der Waals surface area contributed by atoms with Gasteiger partial charge in [0, 0.05) is 19.5 Å². The Morgan fingerprint density at radius 1 is 1.43 bits per heavy atom. The monoisotopic (exact) mass is 290 g/mol. The van der Waals surface area contributed by atoms with Gasteiger partial charge in [0.1, 0.15) is 5.75 Å². The van der Waals surface area contributed by atoms with Crippen molar-refractivity contribution in [2.75, 3.05) is 18.5 Å². The van der Waals surface area contributed by atoms with Crippen LogP contribution in [0.5, 0.6) is 5.75 Å². The smallest absolute Gasteiger partial charge is 0.267 e. The largest absolute Gasteiger partial charge is 0.479 e. The van der Waals surface area contributed by atoms with Crippen LogP contribution in [-0.2, 0) is 16.0 Å². The molecule has 2 amide bonds. The minimum absolute atomic E-state index is 0.00725. The molecule has 0 fully saturated rings. The zero-order valence-electron chi connectivity index (χ0n) is 13.0. The number of amides is 2. The van der Waals surface area contributed by atoms with Gasteiger partial charge in [0.05, 0.1) is 5.69 Å². The predicted octanol–water partition coefficient (Wildman–Crippen LogP) is 1.74. The molecule has 0 bridgehead atoms. The molecule has 21 heavy (non-hydrogen) atoms. The van der Waals surface area contributed by atoms with Gasteiger partial charge in [-0.3, -0.25) is 9.59 Å². The molecule has 1 aromatic rings. The van der Waals surface area contributed by atoms with Gasteiger partial charge in [0.15, 0.2) is 6.10 Å². The highest BCUT2D eigenvalue weighted by molar-refractivity contribution is 5.99. The fourth-order valence-corrected chi connectivity index (χ4v) is 2.25. The number of hydrogen-bond acceptors (Lipinski definition) is 3. The molecule has 2 rings (SSSR count). The van der Waals surface area contributed by atoms with Crippen LogP contribution in [0, 0.1) is 5.92 Å². The zero-order valence-corrected chi connectivity index (χ0v) is 13.0. The minimum Gasteiger partial charge on any atom is -0.479 e. The zero-order chi connectivity index (χ0) is 15.6. The van der Waals surface area contributed by atoms with E-state index in [1.165, 1.54) is 0 Å². The first-order valence-corrected chi connectivity index (χ1v) is 7.25. The van der Waals surface area contributed by atoms with Gasteiger partial charge in [-0.15, -0.1) is 0 Å². The van der Waals surface area contributed by atoms with Gasteiger partial charge in [-0.1, -0.05) is 19.9 Å². The first kappa shape index (κ1) is 15.4. The van der Waals surface area contributed by atoms with Gasteiger partial charge >= 0.3 is 0 Å². The normalized spacial score (nSPS) is 17.5. The molecule has 0 radical (unpaired) electrons. The maximum atomic E-state index is 11.9. The Balaban J connectivity index is 2.04. The predicted molar refractivity (Wildman–Crippen MR) is 81.5 cm³/mol. The van der Waals surface area contributed by atoms with Crippen molar-refractivity contribution in [3.63, 3.8) is 0 Å². The quantitative estimate of drug-likeness (QED) is 0.919. The molecule has 0 spiro atoms. The maximum Gasteiger partial charge on any atom is 0.267 e. The third kappa shape index (κ3) is 3.35. The molecular weight excluding hydrogens is 268 g/mol. The van der Waals surface area contributed by atoms with E-state index < -0.39 is 6.10 Å². The molecule has 1 heterocycles. The Morgan fingerprint density at radius 2 is 2.14 bits per heavy atom. The number of carbonyl (C=O) groups is 2. The molecule has 1 aromatic carbocycles. The van der Waals surface area contributed by atoms with E-state index >= 15 is 0 Å². The average molecular weight is 290 g/mol. The fraction of sp³-hybridized carbons (Fsp3) is 0.500. The van der Waals surface area contributed by atoms with Crippen LogP contribution in [0.15, 0.2) is 18.2 Å². The maximum absolute atomic E-state index is 11.9. The number of nitrogens with one attached hydrogen (secondary N) is 1. The molecule has 1 aliphatic rings. The van der Waals surface area contributed by atoms with Crippen LogP contribution < -0.4 is 15.0 Å². The van der Waals surface area contributed by atoms with Gasteiger partial charge < -0.3 is 15.0 Å². The van der Waals surface area contributed by atoms with Crippen LogP contribution in [0.2, 0.25) is 0 Å². The number of likely N-dealkylation sites (N-methyl/N-ethyl adjacent to an activating group) is 1. The number of benzene rings is 1. The van der Waals surface area contributed by atoms with Crippen molar-refractivity contribution < 1.29 is 14.3 Å². The minimum atomic E-state index is -0.446. The summed E-state index contributed by atoms with van der Waals surface area (Å²) in [4.78, 5) is 25.1. The van der Waals surface area contributed by atoms with E-state index in [0.717, 1.165) is 23.4 Å². The molecule has 5 heteroatoms. The third-order valence-corrected chi connectivity index (χ3v) is 3.60. The number of anilines is 1. The van der Waals surface area contributed by atoms with E-state index in [1.54, 1.807) is 18.9 Å². The Labute approximate surface area is 125 Å². The summed E-state index contributed by atoms with van der Waals surface area (Å²) in [5.41, 5.74) is 1.85. The summed E-state index contributed by atoms with van der Waals surface area (Å²) in [6.45, 7) is 6.07. The summed E-state index contributed by atoms with van der Waals surface area (Å²) in [5, 5.41) is 2.89. The fourth-order valence-electron chi connectivity index (χ4n) is 2.25. The van der Waals surface area contributed by atoms with Gasteiger partial charge in [-0.2, -0.15) is 0 Å². The van der Waals surface area contributed by atoms with Gasteiger partial charge in [-0.05, 0) is 31.0 Å². The summed E-state index contributed by atoms with van der Waals surface area (Å²) in [6.07, 6.45) is 0.280. The Hall–Kier alpha value is -2.04. The third-order valence-electron chi connectivity index (χ3n) is 3.60. The molecule has 0 saturated carbocycles. The van der Waals surface area contributed by atoms with Crippen molar-refractivity contribution in [2.24, 2.45) is 5.92 Å². The average Bonchev–Trinajstić information content (AvgIpc) is 2.45.